The van der Waals surface area contributed by atoms with Crippen LogP contribution in [0.5, 0.6) is 34.5 Å². The zero-order valence-electron chi connectivity index (χ0n) is 62.5. The van der Waals surface area contributed by atoms with Crippen molar-refractivity contribution in [2.24, 2.45) is 0 Å². The van der Waals surface area contributed by atoms with Gasteiger partial charge < -0.3 is 64.1 Å². The Hall–Kier alpha value is -6.58. The summed E-state index contributed by atoms with van der Waals surface area (Å²) in [5.74, 6) is 4.83. The molecule has 116 heavy (non-hydrogen) atoms. The number of rotatable bonds is 14. The summed E-state index contributed by atoms with van der Waals surface area (Å²) in [4.78, 5) is 55.9. The molecule has 16 nitrogen and oxygen atoms in total. The third-order valence-corrected chi connectivity index (χ3v) is 13.9. The molecule has 0 amide bonds. The first-order valence-electron chi connectivity index (χ1n) is 33.6. The number of benzene rings is 8. The van der Waals surface area contributed by atoms with Gasteiger partial charge in [-0.2, -0.15) is 6.07 Å². The summed E-state index contributed by atoms with van der Waals surface area (Å²) in [6.45, 7) is 1.08. The van der Waals surface area contributed by atoms with E-state index in [0.29, 0.717) is 46.0 Å². The van der Waals surface area contributed by atoms with E-state index in [2.05, 4.69) is 97.3 Å². The van der Waals surface area contributed by atoms with Crippen molar-refractivity contribution in [3.05, 3.63) is 398 Å². The van der Waals surface area contributed by atoms with E-state index < -0.39 is 17.9 Å². The fraction of sp³-hybridized carbons (Fsp3) is 0.0112. The molecule has 587 valence electrons. The van der Waals surface area contributed by atoms with E-state index >= 15 is 0 Å². The number of nitrogens with zero attached hydrogens (tertiary/aromatic N) is 11. The van der Waals surface area contributed by atoms with Crippen LogP contribution in [-0.4, -0.2) is 129 Å². The summed E-state index contributed by atoms with van der Waals surface area (Å²) in [5.41, 5.74) is 11.7. The van der Waals surface area contributed by atoms with Crippen LogP contribution in [0.1, 0.15) is 6.92 Å². The van der Waals surface area contributed by atoms with Crippen LogP contribution < -0.4 is 14.2 Å². The summed E-state index contributed by atoms with van der Waals surface area (Å²) in [7, 11) is 20.0. The largest absolute Gasteiger partial charge is 2.00 e. The normalized spacial score (nSPS) is 9.66. The Bertz CT molecular complexity index is 4540. The molecule has 8 aromatic heterocycles. The fourth-order valence-corrected chi connectivity index (χ4v) is 9.37. The molecule has 8 heterocycles. The van der Waals surface area contributed by atoms with Gasteiger partial charge in [0.05, 0.1) is 11.5 Å². The number of carbonyl (C=O) groups is 1. The Morgan fingerprint density at radius 2 is 0.647 bits per heavy atom. The molecule has 0 fully saturated rings. The Kier molecular flexibility index (Phi) is 52.8. The van der Waals surface area contributed by atoms with Gasteiger partial charge in [-0.3, -0.25) is 25.8 Å². The molecule has 0 aliphatic carbocycles. The van der Waals surface area contributed by atoms with Gasteiger partial charge in [-0.1, -0.05) is 97.1 Å². The molecular weight excluding hydrogens is 2490 g/mol. The summed E-state index contributed by atoms with van der Waals surface area (Å²) in [6, 6.07) is 108. The number of aliphatic carboxylic acids is 1. The first-order chi connectivity index (χ1) is 53.8. The van der Waals surface area contributed by atoms with Crippen molar-refractivity contribution < 1.29 is 118 Å². The van der Waals surface area contributed by atoms with E-state index in [1.165, 1.54) is 63.2 Å². The standard InChI is InChI=1S/C21H15N3O.C21H13N3O.C21H12N3O.2C11H8N.C2H4O2.2CH3.4ClH.2Ir.2K.3Pt/c3*1-2-11-22-20(10-1)16-6-3-8-18(14-16)25-19-9-4-7-17(15-19)21-23-12-5-13-24-21;2*1-2-6-10(7-3-1)11-8-4-5-9-12-11;1-2(3)4;;;;;;;;;;;;;/h1-15H;1-13H;1-6,8-13H;2*1-6,8-9H;1H3,(H,3,4);2*1H3;4*1H;;;;;;;/q;-2;-3;2*-1;;2*-1;;;;;;+3;;;2*+2;+4/p-4. The quantitative estimate of drug-likeness (QED) is 0.0793. The third kappa shape index (κ3) is 38.6. The molecule has 0 atom stereocenters. The first-order valence-corrected chi connectivity index (χ1v) is 60.8. The molecule has 0 unspecified atom stereocenters. The van der Waals surface area contributed by atoms with Crippen LogP contribution in [0.15, 0.2) is 341 Å². The van der Waals surface area contributed by atoms with Crippen LogP contribution >= 0.6 is 37.7 Å². The number of carboxylic acid groups (broad SMARTS) is 1. The molecule has 8 aromatic carbocycles. The number of hydrogen-bond donors (Lipinski definition) is 1. The molecule has 16 rings (SSSR count). The van der Waals surface area contributed by atoms with Crippen LogP contribution in [0.4, 0.5) is 0 Å². The molecule has 0 bridgehead atoms. The Labute approximate surface area is 797 Å². The van der Waals surface area contributed by atoms with Gasteiger partial charge in [0.1, 0.15) is 11.5 Å². The maximum Gasteiger partial charge on any atom is 2.00 e. The average molecular weight is 2560 g/mol. The minimum Gasteiger partial charge on any atom is -0.515 e. The van der Waals surface area contributed by atoms with Crippen LogP contribution in [-0.2, 0) is 99.0 Å². The number of aromatic nitrogens is 11. The topological polar surface area (TPSA) is 207 Å². The number of hydrogen-bond acceptors (Lipinski definition) is 15. The van der Waals surface area contributed by atoms with Crippen molar-refractivity contribution in [1.82, 2.24) is 54.8 Å². The Morgan fingerprint density at radius 3 is 1.03 bits per heavy atom. The van der Waals surface area contributed by atoms with Crippen molar-refractivity contribution in [3.63, 3.8) is 0 Å². The summed E-state index contributed by atoms with van der Waals surface area (Å²) >= 11 is -0.556. The van der Waals surface area contributed by atoms with Gasteiger partial charge in [0.2, 0.25) is 0 Å². The van der Waals surface area contributed by atoms with Crippen molar-refractivity contribution >= 4 is 107 Å². The van der Waals surface area contributed by atoms with Crippen molar-refractivity contribution in [2.75, 3.05) is 0 Å². The van der Waals surface area contributed by atoms with Gasteiger partial charge in [0.25, 0.3) is 5.97 Å². The minimum absolute atomic E-state index is 0. The van der Waals surface area contributed by atoms with E-state index in [1.807, 2.05) is 243 Å². The molecule has 0 spiro atoms. The Balaban J connectivity index is 0.000000367. The first kappa shape index (κ1) is 104. The van der Waals surface area contributed by atoms with Crippen molar-refractivity contribution in [2.45, 2.75) is 6.92 Å². The van der Waals surface area contributed by atoms with Gasteiger partial charge in [-0.05, 0) is 113 Å². The molecule has 0 saturated heterocycles. The second kappa shape index (κ2) is 59.2. The van der Waals surface area contributed by atoms with Crippen molar-refractivity contribution in [3.8, 4) is 125 Å². The zero-order chi connectivity index (χ0) is 77.2. The summed E-state index contributed by atoms with van der Waals surface area (Å²) < 4.78 is 17.8. The zero-order valence-corrected chi connectivity index (χ0v) is 83.3. The molecular formula is C89H66Cl4Ir2K2N11O5Pt3-2. The third-order valence-electron chi connectivity index (χ3n) is 13.9. The van der Waals surface area contributed by atoms with Crippen LogP contribution in [0.2, 0.25) is 0 Å². The predicted octanol–water partition coefficient (Wildman–Crippen LogP) is 22.1. The van der Waals surface area contributed by atoms with E-state index in [1.54, 1.807) is 98.5 Å². The van der Waals surface area contributed by atoms with E-state index in [-0.39, 0.29) is 97.2 Å². The van der Waals surface area contributed by atoms with Gasteiger partial charge >= 0.3 is 175 Å². The molecule has 16 aromatic rings. The van der Waals surface area contributed by atoms with Gasteiger partial charge in [-0.25, -0.2) is 27.7 Å². The maximum atomic E-state index is 9.00. The van der Waals surface area contributed by atoms with Crippen molar-refractivity contribution in [1.29, 1.82) is 0 Å². The second-order valence-corrected chi connectivity index (χ2v) is 41.3. The van der Waals surface area contributed by atoms with E-state index in [4.69, 9.17) is 61.8 Å². The number of halogens is 4. The van der Waals surface area contributed by atoms with Gasteiger partial charge in [-0.15, -0.1) is 143 Å². The number of carboxylic acids is 1. The molecule has 0 saturated carbocycles. The van der Waals surface area contributed by atoms with Crippen LogP contribution in [0.3, 0.4) is 0 Å². The summed E-state index contributed by atoms with van der Waals surface area (Å²) in [5, 5.41) is 7.42. The smallest absolute Gasteiger partial charge is 0.515 e. The van der Waals surface area contributed by atoms with Gasteiger partial charge in [0, 0.05) is 124 Å². The molecule has 0 aliphatic rings. The Morgan fingerprint density at radius 1 is 0.336 bits per heavy atom. The monoisotopic (exact) mass is 2560 g/mol. The molecule has 0 aliphatic heterocycles. The second-order valence-electron chi connectivity index (χ2n) is 21.6. The SMILES string of the molecule is CC(=O)O.[CH3-].[CH3-].[Cl][Pt]([Cl])([Cl])[Cl].[Ir+3].[Ir].[K][K].[Pt+2].[Pt+2].[c-]1c(Oc2[c-]c(-c3ncccn3)ccc2)cccc1-c1ccccn1.[c-]1ccc(Oc2[c-]c(-c3ccccn3)ccc2)[c-]c1-c1ncccn1.[c-]1ccccc1-c1ccccn1.[c-]1ccccc1-c1ccccn1.c1ccc(-c2cccc(Oc3cccc(-c4ncccn4)c3)c2)nc1. The van der Waals surface area contributed by atoms with E-state index in [9.17, 15) is 0 Å². The number of ether oxygens (including phenoxy) is 3. The van der Waals surface area contributed by atoms with Crippen LogP contribution in [0.25, 0.3) is 90.5 Å². The fourth-order valence-electron chi connectivity index (χ4n) is 9.37. The van der Waals surface area contributed by atoms with E-state index in [0.717, 1.165) is 85.8 Å². The minimum atomic E-state index is -3.06. The molecule has 27 heteroatoms. The summed E-state index contributed by atoms with van der Waals surface area (Å²) in [6.07, 6.45) is 19.1. The number of pyridine rings is 5. The maximum absolute atomic E-state index is 9.00. The molecule has 1 radical (unpaired) electrons. The molecule has 1 N–H and O–H groups in total. The predicted molar refractivity (Wildman–Crippen MR) is 444 cm³/mol. The van der Waals surface area contributed by atoms with Crippen LogP contribution in [0, 0.1) is 57.3 Å². The average Bonchev–Trinajstić information content (AvgIpc) is 0.843. The van der Waals surface area contributed by atoms with Gasteiger partial charge in [0.15, 0.2) is 5.82 Å².